The summed E-state index contributed by atoms with van der Waals surface area (Å²) >= 11 is 0. The Balaban J connectivity index is 2.15. The van der Waals surface area contributed by atoms with Crippen LogP contribution >= 0.6 is 0 Å². The van der Waals surface area contributed by atoms with Gasteiger partial charge in [0.25, 0.3) is 0 Å². The molecule has 0 aliphatic carbocycles. The Morgan fingerprint density at radius 3 is 3.06 bits per heavy atom. The molecule has 1 aromatic carbocycles. The molecule has 1 amide bonds. The summed E-state index contributed by atoms with van der Waals surface area (Å²) in [5.74, 6) is 0.245. The zero-order valence-electron chi connectivity index (χ0n) is 9.35. The molecule has 86 valence electrons. The summed E-state index contributed by atoms with van der Waals surface area (Å²) in [4.78, 5) is 12.8. The van der Waals surface area contributed by atoms with Gasteiger partial charge in [-0.25, -0.2) is 4.79 Å². The second-order valence-electron chi connectivity index (χ2n) is 4.10. The molecule has 1 fully saturated rings. The fourth-order valence-corrected chi connectivity index (χ4v) is 1.92. The fourth-order valence-electron chi connectivity index (χ4n) is 1.92. The van der Waals surface area contributed by atoms with E-state index in [1.165, 1.54) is 5.56 Å². The van der Waals surface area contributed by atoms with E-state index in [9.17, 15) is 4.79 Å². The van der Waals surface area contributed by atoms with Crippen LogP contribution in [-0.4, -0.2) is 31.2 Å². The summed E-state index contributed by atoms with van der Waals surface area (Å²) in [7, 11) is 1.75. The topological polar surface area (TPSA) is 55.6 Å². The molecule has 0 spiro atoms. The van der Waals surface area contributed by atoms with E-state index >= 15 is 0 Å². The number of rotatable bonds is 2. The number of ether oxygens (including phenoxy) is 1. The van der Waals surface area contributed by atoms with Gasteiger partial charge in [-0.05, 0) is 11.1 Å². The lowest BCUT2D eigenvalue weighted by atomic mass is 9.97. The zero-order valence-corrected chi connectivity index (χ0v) is 9.35. The van der Waals surface area contributed by atoms with Crippen LogP contribution in [0.1, 0.15) is 17.0 Å². The van der Waals surface area contributed by atoms with Gasteiger partial charge in [0.05, 0.1) is 0 Å². The minimum atomic E-state index is -0.244. The minimum Gasteiger partial charge on any atom is -0.449 e. The quantitative estimate of drug-likeness (QED) is 0.817. The molecule has 0 bridgehead atoms. The predicted molar refractivity (Wildman–Crippen MR) is 61.1 cm³/mol. The monoisotopic (exact) mass is 220 g/mol. The van der Waals surface area contributed by atoms with Gasteiger partial charge < -0.3 is 15.4 Å². The summed E-state index contributed by atoms with van der Waals surface area (Å²) in [5.41, 5.74) is 7.89. The second kappa shape index (κ2) is 4.53. The van der Waals surface area contributed by atoms with Crippen molar-refractivity contribution in [3.05, 3.63) is 35.4 Å². The fraction of sp³-hybridized carbons (Fsp3) is 0.417. The van der Waals surface area contributed by atoms with E-state index in [-0.39, 0.29) is 12.0 Å². The Morgan fingerprint density at radius 2 is 2.38 bits per heavy atom. The van der Waals surface area contributed by atoms with Crippen LogP contribution in [0.2, 0.25) is 0 Å². The molecular formula is C12H16N2O2. The number of hydrogen-bond donors (Lipinski definition) is 1. The average molecular weight is 220 g/mol. The highest BCUT2D eigenvalue weighted by Crippen LogP contribution is 2.22. The average Bonchev–Trinajstić information content (AvgIpc) is 2.33. The third kappa shape index (κ3) is 2.17. The molecule has 1 atom stereocenters. The largest absolute Gasteiger partial charge is 0.449 e. The number of benzene rings is 1. The van der Waals surface area contributed by atoms with E-state index in [4.69, 9.17) is 10.5 Å². The molecule has 2 rings (SSSR count). The molecule has 1 saturated heterocycles. The lowest BCUT2D eigenvalue weighted by Crippen LogP contribution is -2.39. The first-order valence-corrected chi connectivity index (χ1v) is 5.37. The predicted octanol–water partition coefficient (Wildman–Crippen LogP) is 1.31. The van der Waals surface area contributed by atoms with Gasteiger partial charge in [0, 0.05) is 26.1 Å². The molecule has 4 nitrogen and oxygen atoms in total. The number of carbonyl (C=O) groups is 1. The van der Waals surface area contributed by atoms with Crippen molar-refractivity contribution in [1.29, 1.82) is 0 Å². The van der Waals surface area contributed by atoms with E-state index < -0.39 is 0 Å². The van der Waals surface area contributed by atoms with Crippen molar-refractivity contribution >= 4 is 6.09 Å². The normalized spacial score (nSPS) is 20.8. The van der Waals surface area contributed by atoms with Gasteiger partial charge in [0.1, 0.15) is 6.61 Å². The molecule has 0 radical (unpaired) electrons. The summed E-state index contributed by atoms with van der Waals surface area (Å²) in [5, 5.41) is 0. The van der Waals surface area contributed by atoms with Crippen LogP contribution in [0.25, 0.3) is 0 Å². The van der Waals surface area contributed by atoms with E-state index in [1.54, 1.807) is 11.9 Å². The standard InChI is InChI=1S/C12H16N2O2/c1-14-7-11(8-16-12(14)15)10-4-2-3-9(5-10)6-13/h2-5,11H,6-8,13H2,1H3. The van der Waals surface area contributed by atoms with E-state index in [0.717, 1.165) is 5.56 Å². The van der Waals surface area contributed by atoms with Gasteiger partial charge in [0.15, 0.2) is 0 Å². The van der Waals surface area contributed by atoms with E-state index in [2.05, 4.69) is 12.1 Å². The molecule has 1 aliphatic heterocycles. The van der Waals surface area contributed by atoms with Crippen molar-refractivity contribution in [3.8, 4) is 0 Å². The van der Waals surface area contributed by atoms with Gasteiger partial charge in [-0.1, -0.05) is 24.3 Å². The first kappa shape index (κ1) is 11.0. The molecular weight excluding hydrogens is 204 g/mol. The van der Waals surface area contributed by atoms with Gasteiger partial charge >= 0.3 is 6.09 Å². The second-order valence-corrected chi connectivity index (χ2v) is 4.10. The molecule has 1 aromatic rings. The number of hydrogen-bond acceptors (Lipinski definition) is 3. The van der Waals surface area contributed by atoms with Crippen LogP contribution in [0.3, 0.4) is 0 Å². The Labute approximate surface area is 95.0 Å². The van der Waals surface area contributed by atoms with Crippen LogP contribution in [0.4, 0.5) is 4.79 Å². The van der Waals surface area contributed by atoms with Crippen molar-refractivity contribution in [2.75, 3.05) is 20.2 Å². The van der Waals surface area contributed by atoms with Gasteiger partial charge in [-0.15, -0.1) is 0 Å². The molecule has 4 heteroatoms. The number of nitrogens with two attached hydrogens (primary N) is 1. The Kier molecular flexibility index (Phi) is 3.10. The van der Waals surface area contributed by atoms with Gasteiger partial charge in [0.2, 0.25) is 0 Å². The highest BCUT2D eigenvalue weighted by molar-refractivity contribution is 5.68. The lowest BCUT2D eigenvalue weighted by molar-refractivity contribution is 0.0718. The summed E-state index contributed by atoms with van der Waals surface area (Å²) in [6, 6.07) is 8.13. The highest BCUT2D eigenvalue weighted by atomic mass is 16.6. The number of nitrogens with zero attached hydrogens (tertiary/aromatic N) is 1. The maximum Gasteiger partial charge on any atom is 0.409 e. The third-order valence-electron chi connectivity index (χ3n) is 2.87. The summed E-state index contributed by atoms with van der Waals surface area (Å²) in [6.07, 6.45) is -0.244. The molecule has 2 N–H and O–H groups in total. The molecule has 1 heterocycles. The number of likely N-dealkylation sites (N-methyl/N-ethyl adjacent to an activating group) is 1. The van der Waals surface area contributed by atoms with Crippen molar-refractivity contribution in [3.63, 3.8) is 0 Å². The van der Waals surface area contributed by atoms with Crippen molar-refractivity contribution < 1.29 is 9.53 Å². The van der Waals surface area contributed by atoms with E-state index in [1.807, 2.05) is 12.1 Å². The Hall–Kier alpha value is -1.55. The third-order valence-corrected chi connectivity index (χ3v) is 2.87. The van der Waals surface area contributed by atoms with Gasteiger partial charge in [-0.2, -0.15) is 0 Å². The molecule has 0 aromatic heterocycles. The van der Waals surface area contributed by atoms with Crippen LogP contribution in [0, 0.1) is 0 Å². The summed E-state index contributed by atoms with van der Waals surface area (Å²) in [6.45, 7) is 1.69. The van der Waals surface area contributed by atoms with Crippen molar-refractivity contribution in [1.82, 2.24) is 4.90 Å². The van der Waals surface area contributed by atoms with Crippen molar-refractivity contribution in [2.45, 2.75) is 12.5 Å². The lowest BCUT2D eigenvalue weighted by Gasteiger charge is -2.29. The van der Waals surface area contributed by atoms with Crippen LogP contribution in [0.15, 0.2) is 24.3 Å². The van der Waals surface area contributed by atoms with Crippen LogP contribution < -0.4 is 5.73 Å². The maximum atomic E-state index is 11.2. The van der Waals surface area contributed by atoms with E-state index in [0.29, 0.717) is 19.7 Å². The minimum absolute atomic E-state index is 0.244. The molecule has 1 aliphatic rings. The van der Waals surface area contributed by atoms with Crippen LogP contribution in [0.5, 0.6) is 0 Å². The number of carbonyl (C=O) groups excluding carboxylic acids is 1. The number of amides is 1. The summed E-state index contributed by atoms with van der Waals surface area (Å²) < 4.78 is 5.09. The first-order chi connectivity index (χ1) is 7.70. The molecule has 1 unspecified atom stereocenters. The smallest absolute Gasteiger partial charge is 0.409 e. The first-order valence-electron chi connectivity index (χ1n) is 5.37. The van der Waals surface area contributed by atoms with Crippen LogP contribution in [-0.2, 0) is 11.3 Å². The van der Waals surface area contributed by atoms with Crippen molar-refractivity contribution in [2.24, 2.45) is 5.73 Å². The highest BCUT2D eigenvalue weighted by Gasteiger charge is 2.25. The number of cyclic esters (lactones) is 1. The maximum absolute atomic E-state index is 11.2. The Bertz CT molecular complexity index is 392. The molecule has 0 saturated carbocycles. The zero-order chi connectivity index (χ0) is 11.5. The van der Waals surface area contributed by atoms with Gasteiger partial charge in [-0.3, -0.25) is 0 Å². The Morgan fingerprint density at radius 1 is 1.56 bits per heavy atom. The molecule has 16 heavy (non-hydrogen) atoms. The SMILES string of the molecule is CN1CC(c2cccc(CN)c2)COC1=O.